The highest BCUT2D eigenvalue weighted by molar-refractivity contribution is 4.92. The van der Waals surface area contributed by atoms with Crippen LogP contribution in [-0.2, 0) is 4.74 Å². The molecule has 0 unspecified atom stereocenters. The summed E-state index contributed by atoms with van der Waals surface area (Å²) in [6.45, 7) is 2.96. The van der Waals surface area contributed by atoms with Crippen molar-refractivity contribution in [2.75, 3.05) is 7.11 Å². The van der Waals surface area contributed by atoms with Crippen LogP contribution in [0.2, 0.25) is 0 Å². The van der Waals surface area contributed by atoms with Crippen LogP contribution in [0.4, 0.5) is 0 Å². The predicted molar refractivity (Wildman–Crippen MR) is 32.4 cm³/mol. The molecule has 0 aliphatic rings. The lowest BCUT2D eigenvalue weighted by Gasteiger charge is -1.96. The molecule has 0 saturated carbocycles. The lowest BCUT2D eigenvalue weighted by molar-refractivity contribution is -0.427. The normalized spacial score (nSPS) is 12.3. The maximum absolute atomic E-state index is 9.97. The quantitative estimate of drug-likeness (QED) is 0.321. The van der Waals surface area contributed by atoms with Crippen LogP contribution >= 0.6 is 0 Å². The van der Waals surface area contributed by atoms with Crippen molar-refractivity contribution in [3.05, 3.63) is 21.6 Å². The fourth-order valence-electron chi connectivity index (χ4n) is 0.276. The minimum absolute atomic E-state index is 0.0532. The molecule has 0 heterocycles. The fraction of sp³-hybridized carbons (Fsp3) is 0.600. The van der Waals surface area contributed by atoms with Crippen molar-refractivity contribution in [1.82, 2.24) is 0 Å². The van der Waals surface area contributed by atoms with Crippen LogP contribution in [0.1, 0.15) is 13.8 Å². The van der Waals surface area contributed by atoms with E-state index in [0.29, 0.717) is 5.76 Å². The summed E-state index contributed by atoms with van der Waals surface area (Å²) in [6, 6.07) is 0. The number of methoxy groups -OCH3 is 1. The van der Waals surface area contributed by atoms with Gasteiger partial charge in [-0.15, -0.1) is 0 Å². The standard InChI is InChI=1S/C5H9NO3/c1-4(6(7)8)5(2)9-3/h1-3H3/b5-4+. The molecule has 0 aromatic heterocycles. The van der Waals surface area contributed by atoms with Crippen molar-refractivity contribution >= 4 is 0 Å². The van der Waals surface area contributed by atoms with Crippen LogP contribution in [0.25, 0.3) is 0 Å². The lowest BCUT2D eigenvalue weighted by atomic mass is 10.4. The van der Waals surface area contributed by atoms with Crippen LogP contribution in [-0.4, -0.2) is 12.0 Å². The first-order valence-electron chi connectivity index (χ1n) is 2.45. The third-order valence-corrected chi connectivity index (χ3v) is 1.09. The summed E-state index contributed by atoms with van der Waals surface area (Å²) < 4.78 is 4.61. The number of rotatable bonds is 2. The maximum atomic E-state index is 9.97. The van der Waals surface area contributed by atoms with Crippen molar-refractivity contribution in [3.63, 3.8) is 0 Å². The molecule has 0 aliphatic carbocycles. The minimum atomic E-state index is -0.473. The van der Waals surface area contributed by atoms with Crippen molar-refractivity contribution in [2.45, 2.75) is 13.8 Å². The molecule has 0 N–H and O–H groups in total. The average molecular weight is 131 g/mol. The molecule has 0 amide bonds. The summed E-state index contributed by atoms with van der Waals surface area (Å²) in [4.78, 5) is 9.49. The molecule has 0 saturated heterocycles. The molecule has 0 radical (unpaired) electrons. The molecule has 0 spiro atoms. The van der Waals surface area contributed by atoms with E-state index in [1.807, 2.05) is 0 Å². The number of nitrogens with zero attached hydrogens (tertiary/aromatic N) is 1. The first-order valence-corrected chi connectivity index (χ1v) is 2.45. The van der Waals surface area contributed by atoms with Crippen LogP contribution < -0.4 is 0 Å². The Labute approximate surface area is 53.3 Å². The predicted octanol–water partition coefficient (Wildman–Crippen LogP) is 1.16. The van der Waals surface area contributed by atoms with Gasteiger partial charge in [0, 0.05) is 6.92 Å². The van der Waals surface area contributed by atoms with Crippen LogP contribution in [0, 0.1) is 10.1 Å². The third-order valence-electron chi connectivity index (χ3n) is 1.09. The Morgan fingerprint density at radius 1 is 1.56 bits per heavy atom. The zero-order valence-electron chi connectivity index (χ0n) is 5.67. The highest BCUT2D eigenvalue weighted by Gasteiger charge is 2.06. The molecule has 0 aromatic carbocycles. The summed E-state index contributed by atoms with van der Waals surface area (Å²) in [7, 11) is 1.41. The Balaban J connectivity index is 4.28. The van der Waals surface area contributed by atoms with Gasteiger partial charge in [-0.3, -0.25) is 10.1 Å². The molecule has 0 aliphatic heterocycles. The van der Waals surface area contributed by atoms with Gasteiger partial charge in [-0.2, -0.15) is 0 Å². The first-order chi connectivity index (χ1) is 4.09. The number of allylic oxidation sites excluding steroid dienone is 2. The number of ether oxygens (including phenoxy) is 1. The SMILES string of the molecule is CO/C(C)=C(\C)[N+](=O)[O-]. The highest BCUT2D eigenvalue weighted by atomic mass is 16.6. The van der Waals surface area contributed by atoms with Gasteiger partial charge in [0.05, 0.1) is 12.0 Å². The van der Waals surface area contributed by atoms with E-state index in [2.05, 4.69) is 4.74 Å². The van der Waals surface area contributed by atoms with Crippen molar-refractivity contribution in [3.8, 4) is 0 Å². The van der Waals surface area contributed by atoms with E-state index >= 15 is 0 Å². The third kappa shape index (κ3) is 2.12. The van der Waals surface area contributed by atoms with Gasteiger partial charge in [0.1, 0.15) is 0 Å². The molecular formula is C5H9NO3. The van der Waals surface area contributed by atoms with E-state index < -0.39 is 4.92 Å². The summed E-state index contributed by atoms with van der Waals surface area (Å²) in [5.41, 5.74) is 0.0532. The Hall–Kier alpha value is -1.06. The van der Waals surface area contributed by atoms with Crippen molar-refractivity contribution < 1.29 is 9.66 Å². The van der Waals surface area contributed by atoms with Gasteiger partial charge in [0.2, 0.25) is 0 Å². The number of hydrogen-bond acceptors (Lipinski definition) is 3. The molecule has 0 aromatic rings. The second-order valence-electron chi connectivity index (χ2n) is 1.60. The van der Waals surface area contributed by atoms with Gasteiger partial charge in [0.15, 0.2) is 5.76 Å². The summed E-state index contributed by atoms with van der Waals surface area (Å²) in [5.74, 6) is 0.347. The Kier molecular flexibility index (Phi) is 2.70. The van der Waals surface area contributed by atoms with Gasteiger partial charge in [-0.25, -0.2) is 0 Å². The van der Waals surface area contributed by atoms with E-state index in [1.54, 1.807) is 6.92 Å². The zero-order chi connectivity index (χ0) is 7.44. The Morgan fingerprint density at radius 2 is 2.00 bits per heavy atom. The van der Waals surface area contributed by atoms with Gasteiger partial charge < -0.3 is 4.74 Å². The summed E-state index contributed by atoms with van der Waals surface area (Å²) >= 11 is 0. The molecule has 0 bridgehead atoms. The zero-order valence-corrected chi connectivity index (χ0v) is 5.67. The van der Waals surface area contributed by atoms with Gasteiger partial charge >= 0.3 is 0 Å². The molecule has 9 heavy (non-hydrogen) atoms. The molecule has 52 valence electrons. The molecule has 0 fully saturated rings. The van der Waals surface area contributed by atoms with E-state index in [9.17, 15) is 10.1 Å². The first kappa shape index (κ1) is 7.94. The monoisotopic (exact) mass is 131 g/mol. The van der Waals surface area contributed by atoms with Gasteiger partial charge in [0.25, 0.3) is 5.70 Å². The van der Waals surface area contributed by atoms with E-state index in [1.165, 1.54) is 14.0 Å². The second kappa shape index (κ2) is 3.06. The number of nitro groups is 1. The van der Waals surface area contributed by atoms with E-state index in [0.717, 1.165) is 0 Å². The Bertz CT molecular complexity index is 150. The molecule has 4 heteroatoms. The van der Waals surface area contributed by atoms with Crippen molar-refractivity contribution in [1.29, 1.82) is 0 Å². The summed E-state index contributed by atoms with van der Waals surface area (Å²) in [5, 5.41) is 9.97. The number of hydrogen-bond donors (Lipinski definition) is 0. The van der Waals surface area contributed by atoms with E-state index in [-0.39, 0.29) is 5.70 Å². The molecular weight excluding hydrogens is 122 g/mol. The highest BCUT2D eigenvalue weighted by Crippen LogP contribution is 2.02. The maximum Gasteiger partial charge on any atom is 0.280 e. The summed E-state index contributed by atoms with van der Waals surface area (Å²) in [6.07, 6.45) is 0. The Morgan fingerprint density at radius 3 is 2.11 bits per heavy atom. The lowest BCUT2D eigenvalue weighted by Crippen LogP contribution is -1.98. The van der Waals surface area contributed by atoms with Crippen LogP contribution in [0.3, 0.4) is 0 Å². The van der Waals surface area contributed by atoms with Crippen LogP contribution in [0.15, 0.2) is 11.5 Å². The topological polar surface area (TPSA) is 52.4 Å². The smallest absolute Gasteiger partial charge is 0.280 e. The average Bonchev–Trinajstić information content (AvgIpc) is 1.84. The van der Waals surface area contributed by atoms with Crippen LogP contribution in [0.5, 0.6) is 0 Å². The van der Waals surface area contributed by atoms with Gasteiger partial charge in [-0.05, 0) is 6.92 Å². The largest absolute Gasteiger partial charge is 0.495 e. The molecule has 4 nitrogen and oxygen atoms in total. The van der Waals surface area contributed by atoms with Crippen molar-refractivity contribution in [2.24, 2.45) is 0 Å². The second-order valence-corrected chi connectivity index (χ2v) is 1.60. The van der Waals surface area contributed by atoms with E-state index in [4.69, 9.17) is 0 Å². The minimum Gasteiger partial charge on any atom is -0.495 e. The molecule has 0 rings (SSSR count). The fourth-order valence-corrected chi connectivity index (χ4v) is 0.276. The molecule has 0 atom stereocenters. The van der Waals surface area contributed by atoms with Gasteiger partial charge in [-0.1, -0.05) is 0 Å².